The van der Waals surface area contributed by atoms with Crippen LogP contribution in [0, 0.1) is 0 Å². The number of thiol groups is 1. The van der Waals surface area contributed by atoms with E-state index in [0.717, 1.165) is 0 Å². The second kappa shape index (κ2) is 3.30. The van der Waals surface area contributed by atoms with E-state index < -0.39 is 6.10 Å². The smallest absolute Gasteiger partial charge is 0.230 e. The molecule has 0 bridgehead atoms. The second-order valence-electron chi connectivity index (χ2n) is 2.70. The standard InChI is InChI=1S/C9H8O3S/c10-9(13)8-5-11-6-3-1-2-4-7(6)12-8/h1-4,8H,5H2,(H,10,13). The van der Waals surface area contributed by atoms with Crippen LogP contribution >= 0.6 is 12.6 Å². The van der Waals surface area contributed by atoms with Gasteiger partial charge in [-0.2, -0.15) is 0 Å². The van der Waals surface area contributed by atoms with Gasteiger partial charge in [-0.1, -0.05) is 12.1 Å². The van der Waals surface area contributed by atoms with Crippen molar-refractivity contribution in [3.8, 4) is 11.5 Å². The van der Waals surface area contributed by atoms with Crippen LogP contribution in [-0.4, -0.2) is 17.8 Å². The van der Waals surface area contributed by atoms with Gasteiger partial charge in [-0.3, -0.25) is 4.79 Å². The van der Waals surface area contributed by atoms with Gasteiger partial charge in [-0.15, -0.1) is 12.6 Å². The molecule has 1 aliphatic heterocycles. The number of fused-ring (bicyclic) bond motifs is 1. The van der Waals surface area contributed by atoms with Gasteiger partial charge in [-0.05, 0) is 12.1 Å². The van der Waals surface area contributed by atoms with Crippen molar-refractivity contribution < 1.29 is 14.3 Å². The number of hydrogen-bond donors (Lipinski definition) is 1. The normalized spacial score (nSPS) is 19.6. The summed E-state index contributed by atoms with van der Waals surface area (Å²) < 4.78 is 10.6. The number of para-hydroxylation sites is 2. The Hall–Kier alpha value is -1.16. The molecule has 4 heteroatoms. The molecule has 0 fully saturated rings. The molecule has 0 saturated carbocycles. The van der Waals surface area contributed by atoms with E-state index in [1.54, 1.807) is 12.1 Å². The zero-order valence-corrected chi connectivity index (χ0v) is 7.66. The summed E-state index contributed by atoms with van der Waals surface area (Å²) in [7, 11) is 0. The molecule has 0 amide bonds. The van der Waals surface area contributed by atoms with Crippen molar-refractivity contribution in [2.24, 2.45) is 0 Å². The third-order valence-electron chi connectivity index (χ3n) is 1.78. The van der Waals surface area contributed by atoms with Gasteiger partial charge in [-0.25, -0.2) is 0 Å². The van der Waals surface area contributed by atoms with Crippen molar-refractivity contribution in [2.75, 3.05) is 6.61 Å². The van der Waals surface area contributed by atoms with Crippen LogP contribution in [0.4, 0.5) is 0 Å². The molecule has 0 saturated heterocycles. The fourth-order valence-electron chi connectivity index (χ4n) is 1.14. The highest BCUT2D eigenvalue weighted by Gasteiger charge is 2.24. The topological polar surface area (TPSA) is 35.5 Å². The SMILES string of the molecule is O=C(S)C1COc2ccccc2O1. The molecule has 1 aliphatic rings. The van der Waals surface area contributed by atoms with Crippen molar-refractivity contribution in [2.45, 2.75) is 6.10 Å². The van der Waals surface area contributed by atoms with Gasteiger partial charge < -0.3 is 9.47 Å². The second-order valence-corrected chi connectivity index (χ2v) is 3.14. The molecule has 0 N–H and O–H groups in total. The Labute approximate surface area is 81.1 Å². The number of hydrogen-bond acceptors (Lipinski definition) is 3. The average molecular weight is 196 g/mol. The van der Waals surface area contributed by atoms with E-state index in [1.807, 2.05) is 12.1 Å². The number of ether oxygens (including phenoxy) is 2. The van der Waals surface area contributed by atoms with E-state index >= 15 is 0 Å². The van der Waals surface area contributed by atoms with Crippen molar-refractivity contribution in [1.29, 1.82) is 0 Å². The molecule has 1 aromatic rings. The van der Waals surface area contributed by atoms with Gasteiger partial charge in [0.25, 0.3) is 0 Å². The Kier molecular flexibility index (Phi) is 2.14. The van der Waals surface area contributed by atoms with Gasteiger partial charge in [0, 0.05) is 0 Å². The molecule has 2 rings (SSSR count). The van der Waals surface area contributed by atoms with Crippen LogP contribution in [0.1, 0.15) is 0 Å². The number of carbonyl (C=O) groups excluding carboxylic acids is 1. The predicted molar refractivity (Wildman–Crippen MR) is 50.3 cm³/mol. The average Bonchev–Trinajstić information content (AvgIpc) is 2.17. The van der Waals surface area contributed by atoms with Gasteiger partial charge in [0.15, 0.2) is 11.5 Å². The quantitative estimate of drug-likeness (QED) is 0.687. The lowest BCUT2D eigenvalue weighted by Crippen LogP contribution is -2.33. The van der Waals surface area contributed by atoms with Crippen molar-refractivity contribution >= 4 is 17.7 Å². The molecule has 1 unspecified atom stereocenters. The van der Waals surface area contributed by atoms with E-state index in [0.29, 0.717) is 11.5 Å². The fourth-order valence-corrected chi connectivity index (χ4v) is 1.27. The van der Waals surface area contributed by atoms with Crippen LogP contribution in [0.15, 0.2) is 24.3 Å². The van der Waals surface area contributed by atoms with Crippen LogP contribution in [0.2, 0.25) is 0 Å². The summed E-state index contributed by atoms with van der Waals surface area (Å²) in [6.07, 6.45) is -0.585. The Bertz CT molecular complexity index is 337. The lowest BCUT2D eigenvalue weighted by Gasteiger charge is -2.23. The fraction of sp³-hybridized carbons (Fsp3) is 0.222. The summed E-state index contributed by atoms with van der Waals surface area (Å²) in [6, 6.07) is 7.24. The van der Waals surface area contributed by atoms with Crippen molar-refractivity contribution in [1.82, 2.24) is 0 Å². The van der Waals surface area contributed by atoms with Gasteiger partial charge in [0.2, 0.25) is 11.2 Å². The van der Waals surface area contributed by atoms with E-state index in [1.165, 1.54) is 0 Å². The first-order valence-corrected chi connectivity index (χ1v) is 4.33. The Morgan fingerprint density at radius 1 is 1.38 bits per heavy atom. The number of rotatable bonds is 1. The first-order chi connectivity index (χ1) is 6.27. The van der Waals surface area contributed by atoms with E-state index in [-0.39, 0.29) is 11.7 Å². The first-order valence-electron chi connectivity index (χ1n) is 3.88. The molecule has 3 nitrogen and oxygen atoms in total. The Morgan fingerprint density at radius 3 is 2.77 bits per heavy atom. The summed E-state index contributed by atoms with van der Waals surface area (Å²) in [6.45, 7) is 0.235. The van der Waals surface area contributed by atoms with Crippen LogP contribution in [0.5, 0.6) is 11.5 Å². The maximum Gasteiger partial charge on any atom is 0.230 e. The number of benzene rings is 1. The van der Waals surface area contributed by atoms with E-state index in [9.17, 15) is 4.79 Å². The minimum atomic E-state index is -0.585. The lowest BCUT2D eigenvalue weighted by molar-refractivity contribution is -0.119. The summed E-state index contributed by atoms with van der Waals surface area (Å²) in [5.41, 5.74) is 0. The predicted octanol–water partition coefficient (Wildman–Crippen LogP) is 1.28. The molecule has 1 atom stereocenters. The highest BCUT2D eigenvalue weighted by molar-refractivity contribution is 7.96. The third kappa shape index (κ3) is 1.62. The molecule has 68 valence electrons. The van der Waals surface area contributed by atoms with Gasteiger partial charge >= 0.3 is 0 Å². The monoisotopic (exact) mass is 196 g/mol. The van der Waals surface area contributed by atoms with Crippen molar-refractivity contribution in [3.05, 3.63) is 24.3 Å². The highest BCUT2D eigenvalue weighted by atomic mass is 32.1. The van der Waals surface area contributed by atoms with E-state index in [2.05, 4.69) is 12.6 Å². The maximum atomic E-state index is 10.9. The van der Waals surface area contributed by atoms with Crippen LogP contribution in [-0.2, 0) is 4.79 Å². The maximum absolute atomic E-state index is 10.9. The lowest BCUT2D eigenvalue weighted by atomic mass is 10.3. The minimum Gasteiger partial charge on any atom is -0.485 e. The van der Waals surface area contributed by atoms with Crippen LogP contribution in [0.3, 0.4) is 0 Å². The molecule has 0 radical (unpaired) electrons. The Morgan fingerprint density at radius 2 is 2.08 bits per heavy atom. The molecule has 0 aromatic heterocycles. The van der Waals surface area contributed by atoms with Gasteiger partial charge in [0.1, 0.15) is 6.61 Å². The summed E-state index contributed by atoms with van der Waals surface area (Å²) >= 11 is 3.69. The zero-order valence-electron chi connectivity index (χ0n) is 6.77. The molecule has 0 aliphatic carbocycles. The summed E-state index contributed by atoms with van der Waals surface area (Å²) in [5.74, 6) is 1.27. The van der Waals surface area contributed by atoms with Crippen LogP contribution < -0.4 is 9.47 Å². The molecular formula is C9H8O3S. The van der Waals surface area contributed by atoms with Crippen molar-refractivity contribution in [3.63, 3.8) is 0 Å². The zero-order chi connectivity index (χ0) is 9.26. The molecular weight excluding hydrogens is 188 g/mol. The minimum absolute atomic E-state index is 0.235. The summed E-state index contributed by atoms with van der Waals surface area (Å²) in [5, 5.41) is -0.311. The van der Waals surface area contributed by atoms with E-state index in [4.69, 9.17) is 9.47 Å². The van der Waals surface area contributed by atoms with Crippen LogP contribution in [0.25, 0.3) is 0 Å². The number of carbonyl (C=O) groups is 1. The Balaban J connectivity index is 2.24. The summed E-state index contributed by atoms with van der Waals surface area (Å²) in [4.78, 5) is 10.9. The molecule has 1 aromatic carbocycles. The largest absolute Gasteiger partial charge is 0.485 e. The highest BCUT2D eigenvalue weighted by Crippen LogP contribution is 2.31. The first kappa shape index (κ1) is 8.44. The molecule has 0 spiro atoms. The van der Waals surface area contributed by atoms with Gasteiger partial charge in [0.05, 0.1) is 0 Å². The molecule has 13 heavy (non-hydrogen) atoms. The third-order valence-corrected chi connectivity index (χ3v) is 2.07. The molecule has 1 heterocycles.